The molecule has 5 heterocycles. The minimum Gasteiger partial charge on any atom is -0.508 e. The van der Waals surface area contributed by atoms with E-state index in [0.29, 0.717) is 64.7 Å². The highest BCUT2D eigenvalue weighted by atomic mass is 28.3. The molecule has 1 aliphatic carbocycles. The number of ether oxygens (including phenoxy) is 1. The van der Waals surface area contributed by atoms with Crippen LogP contribution in [0.15, 0.2) is 35.6 Å². The van der Waals surface area contributed by atoms with Crippen molar-refractivity contribution in [2.24, 2.45) is 17.0 Å². The van der Waals surface area contributed by atoms with Gasteiger partial charge in [-0.2, -0.15) is 9.97 Å². The highest BCUT2D eigenvalue weighted by molar-refractivity contribution is 6.90. The van der Waals surface area contributed by atoms with Crippen LogP contribution in [0, 0.1) is 34.9 Å². The molecule has 13 heteroatoms. The van der Waals surface area contributed by atoms with E-state index in [2.05, 4.69) is 77.9 Å². The summed E-state index contributed by atoms with van der Waals surface area (Å²) in [5.41, 5.74) is 5.40. The van der Waals surface area contributed by atoms with Gasteiger partial charge in [-0.1, -0.05) is 58.7 Å². The van der Waals surface area contributed by atoms with Crippen LogP contribution in [-0.2, 0) is 4.84 Å². The molecule has 2 aromatic heterocycles. The number of hydrogen-bond donors (Lipinski definition) is 1. The van der Waals surface area contributed by atoms with Crippen molar-refractivity contribution in [3.63, 3.8) is 0 Å². The van der Waals surface area contributed by atoms with E-state index >= 15 is 8.78 Å². The predicted molar refractivity (Wildman–Crippen MR) is 221 cm³/mol. The fourth-order valence-corrected chi connectivity index (χ4v) is 16.1. The molecule has 2 unspecified atom stereocenters. The normalized spacial score (nSPS) is 23.6. The van der Waals surface area contributed by atoms with Gasteiger partial charge in [0.25, 0.3) is 0 Å². The maximum absolute atomic E-state index is 17.5. The monoisotopic (exact) mass is 798 g/mol. The maximum Gasteiger partial charge on any atom is 0.319 e. The molecule has 3 aliphatic heterocycles. The van der Waals surface area contributed by atoms with E-state index < -0.39 is 31.4 Å². The van der Waals surface area contributed by atoms with Crippen LogP contribution in [0.4, 0.5) is 19.0 Å². The molecule has 1 N–H and O–H groups in total. The molecule has 4 atom stereocenters. The summed E-state index contributed by atoms with van der Waals surface area (Å²) in [5.74, 6) is 2.68. The summed E-state index contributed by atoms with van der Waals surface area (Å²) < 4.78 is 54.6. The molecule has 2 bridgehead atoms. The number of anilines is 1. The Bertz CT molecular complexity index is 2270. The number of aromatic hydroxyl groups is 1. The smallest absolute Gasteiger partial charge is 0.319 e. The van der Waals surface area contributed by atoms with Gasteiger partial charge >= 0.3 is 6.01 Å². The first-order valence-electron chi connectivity index (χ1n) is 20.5. The average Bonchev–Trinajstić information content (AvgIpc) is 3.76. The molecule has 0 spiro atoms. The standard InChI is InChI=1S/C44H53F3N6O3Si/c1-25(2)57(26(3)4,27(5)6)16-13-33-36(46)12-11-28-17-32(54)18-34(37(28)33)40-38(47)41-35(20-48-40)42(52-21-29-9-10-30(22-52)39(29)51-55-7)50-43(49-41)56-24-44-14-8-15-53(44)23-31(45)19-44/h11-12,17-18,20,25-27,29-31,54H,8-10,14-15,19,21-24H2,1-7H3/t29?,30?,31-,44+/m1/s1. The summed E-state index contributed by atoms with van der Waals surface area (Å²) in [7, 11) is -0.730. The van der Waals surface area contributed by atoms with Crippen molar-refractivity contribution in [3.05, 3.63) is 47.7 Å². The lowest BCUT2D eigenvalue weighted by Crippen LogP contribution is -2.44. The van der Waals surface area contributed by atoms with Crippen molar-refractivity contribution >= 4 is 41.3 Å². The largest absolute Gasteiger partial charge is 0.508 e. The Balaban J connectivity index is 1.29. The second-order valence-electron chi connectivity index (χ2n) is 17.6. The molecule has 4 aromatic rings. The number of alkyl halides is 1. The number of halogens is 3. The van der Waals surface area contributed by atoms with Crippen LogP contribution in [0.5, 0.6) is 11.8 Å². The van der Waals surface area contributed by atoms with E-state index in [1.807, 2.05) is 0 Å². The van der Waals surface area contributed by atoms with Crippen molar-refractivity contribution in [3.8, 4) is 34.5 Å². The number of phenolic OH excluding ortho intramolecular Hbond substituents is 1. The van der Waals surface area contributed by atoms with Gasteiger partial charge in [-0.3, -0.25) is 9.88 Å². The van der Waals surface area contributed by atoms with E-state index in [0.717, 1.165) is 37.9 Å². The Morgan fingerprint density at radius 2 is 1.74 bits per heavy atom. The summed E-state index contributed by atoms with van der Waals surface area (Å²) >= 11 is 0. The van der Waals surface area contributed by atoms with Crippen LogP contribution in [0.1, 0.15) is 79.2 Å². The number of benzene rings is 2. The number of nitrogens with zero attached hydrogens (tertiary/aromatic N) is 6. The van der Waals surface area contributed by atoms with Gasteiger partial charge in [0.1, 0.15) is 56.6 Å². The molecule has 9 nitrogen and oxygen atoms in total. The van der Waals surface area contributed by atoms with Crippen molar-refractivity contribution in [2.45, 2.75) is 102 Å². The number of pyridine rings is 1. The van der Waals surface area contributed by atoms with Gasteiger partial charge in [-0.05, 0) is 72.4 Å². The van der Waals surface area contributed by atoms with E-state index in [-0.39, 0.29) is 52.5 Å². The van der Waals surface area contributed by atoms with Crippen LogP contribution in [0.25, 0.3) is 32.9 Å². The topological polar surface area (TPSA) is 96.2 Å². The van der Waals surface area contributed by atoms with E-state index in [9.17, 15) is 9.50 Å². The summed E-state index contributed by atoms with van der Waals surface area (Å²) in [4.78, 5) is 23.8. The molecular formula is C44H53F3N6O3Si. The Labute approximate surface area is 334 Å². The van der Waals surface area contributed by atoms with Crippen molar-refractivity contribution in [2.75, 3.05) is 44.8 Å². The molecule has 0 amide bonds. The second kappa shape index (κ2) is 15.1. The number of oxime groups is 1. The number of rotatable bonds is 9. The van der Waals surface area contributed by atoms with Crippen LogP contribution >= 0.6 is 0 Å². The Morgan fingerprint density at radius 1 is 1.02 bits per heavy atom. The minimum absolute atomic E-state index is 0.00323. The lowest BCUT2D eigenvalue weighted by Gasteiger charge is -2.38. The molecule has 8 rings (SSSR count). The van der Waals surface area contributed by atoms with Crippen molar-refractivity contribution in [1.82, 2.24) is 19.9 Å². The first-order chi connectivity index (χ1) is 27.3. The Hall–Kier alpha value is -4.41. The molecular weight excluding hydrogens is 746 g/mol. The third kappa shape index (κ3) is 6.70. The third-order valence-corrected chi connectivity index (χ3v) is 19.8. The maximum atomic E-state index is 17.5. The first kappa shape index (κ1) is 39.4. The van der Waals surface area contributed by atoms with Gasteiger partial charge in [0, 0.05) is 55.0 Å². The second-order valence-corrected chi connectivity index (χ2v) is 23.2. The fourth-order valence-electron chi connectivity index (χ4n) is 10.9. The number of fused-ring (bicyclic) bond motifs is 5. The number of phenols is 1. The molecule has 2 aromatic carbocycles. The lowest BCUT2D eigenvalue weighted by molar-refractivity contribution is 0.107. The van der Waals surface area contributed by atoms with Gasteiger partial charge in [-0.15, -0.1) is 5.54 Å². The highest BCUT2D eigenvalue weighted by Crippen LogP contribution is 2.44. The average molecular weight is 799 g/mol. The molecule has 4 fully saturated rings. The Morgan fingerprint density at radius 3 is 2.42 bits per heavy atom. The summed E-state index contributed by atoms with van der Waals surface area (Å²) in [6, 6.07) is 5.87. The van der Waals surface area contributed by atoms with Crippen LogP contribution < -0.4 is 9.64 Å². The van der Waals surface area contributed by atoms with E-state index in [1.165, 1.54) is 18.2 Å². The lowest BCUT2D eigenvalue weighted by atomic mass is 9.95. The van der Waals surface area contributed by atoms with Gasteiger partial charge in [0.15, 0.2) is 5.82 Å². The van der Waals surface area contributed by atoms with Crippen molar-refractivity contribution < 1.29 is 27.9 Å². The van der Waals surface area contributed by atoms with Gasteiger partial charge in [0.05, 0.1) is 22.2 Å². The van der Waals surface area contributed by atoms with Crippen LogP contribution in [0.3, 0.4) is 0 Å². The molecule has 4 aliphatic rings. The fraction of sp³-hybridized carbons (Fsp3) is 0.545. The highest BCUT2D eigenvalue weighted by Gasteiger charge is 2.50. The summed E-state index contributed by atoms with van der Waals surface area (Å²) in [5, 5.41) is 16.6. The molecule has 302 valence electrons. The van der Waals surface area contributed by atoms with Crippen LogP contribution in [-0.4, -0.2) is 90.4 Å². The van der Waals surface area contributed by atoms with Gasteiger partial charge < -0.3 is 19.6 Å². The summed E-state index contributed by atoms with van der Waals surface area (Å²) in [6.45, 7) is 15.7. The van der Waals surface area contributed by atoms with E-state index in [1.54, 1.807) is 19.4 Å². The van der Waals surface area contributed by atoms with E-state index in [4.69, 9.17) is 14.6 Å². The molecule has 57 heavy (non-hydrogen) atoms. The number of piperidine rings is 1. The zero-order valence-electron chi connectivity index (χ0n) is 34.0. The third-order valence-electron chi connectivity index (χ3n) is 13.5. The minimum atomic E-state index is -2.29. The van der Waals surface area contributed by atoms with Crippen LogP contribution in [0.2, 0.25) is 16.6 Å². The molecule has 0 radical (unpaired) electrons. The zero-order valence-corrected chi connectivity index (χ0v) is 35.0. The predicted octanol–water partition coefficient (Wildman–Crippen LogP) is 9.20. The quantitative estimate of drug-likeness (QED) is 0.102. The SMILES string of the molecule is CON=C1C2CCC1CN(c1nc(OC[C@@]34CCCN3C[C@H](F)C4)nc3c(F)c(-c4cc(O)cc5ccc(F)c(C#C[Si](C(C)C)(C(C)C)C(C)C)c45)ncc13)C2. The number of hydrogen-bond acceptors (Lipinski definition) is 9. The van der Waals surface area contributed by atoms with Crippen molar-refractivity contribution in [1.29, 1.82) is 0 Å². The molecule has 3 saturated heterocycles. The zero-order chi connectivity index (χ0) is 40.4. The number of aromatic nitrogens is 3. The molecule has 1 saturated carbocycles. The van der Waals surface area contributed by atoms with Gasteiger partial charge in [0.2, 0.25) is 0 Å². The summed E-state index contributed by atoms with van der Waals surface area (Å²) in [6.07, 6.45) is 4.66. The first-order valence-corrected chi connectivity index (χ1v) is 22.7. The Kier molecular flexibility index (Phi) is 10.4. The van der Waals surface area contributed by atoms with Gasteiger partial charge in [-0.25, -0.2) is 13.2 Å².